The molecule has 1 aromatic carbocycles. The molecule has 0 aliphatic carbocycles. The van der Waals surface area contributed by atoms with Crippen LogP contribution in [0.2, 0.25) is 0 Å². The summed E-state index contributed by atoms with van der Waals surface area (Å²) in [5.74, 6) is -1.04. The summed E-state index contributed by atoms with van der Waals surface area (Å²) in [6.45, 7) is 0. The lowest BCUT2D eigenvalue weighted by molar-refractivity contribution is -0.384. The second-order valence-corrected chi connectivity index (χ2v) is 11.0. The molecule has 2 aliphatic rings. The van der Waals surface area contributed by atoms with E-state index in [1.807, 2.05) is 0 Å². The third kappa shape index (κ3) is 5.38. The average Bonchev–Trinajstić information content (AvgIpc) is 3.24. The standard InChI is InChI=1S/C19H19N7O6S3/c1-24-19(21-22-23-24)33-10-13-16(18(28)29)25-14(27)9-15(25)34-17(13)20-7-2-8-35(32)12-5-3-11(4-6-12)26(30)31/h2-7,15,17,20H,8-10H2,1H3,(H,28,29)/t15-,17?,35?/m0/s1. The van der Waals surface area contributed by atoms with E-state index in [1.54, 1.807) is 19.3 Å². The highest BCUT2D eigenvalue weighted by atomic mass is 32.2. The Morgan fingerprint density at radius 1 is 1.43 bits per heavy atom. The van der Waals surface area contributed by atoms with Gasteiger partial charge in [-0.25, -0.2) is 9.48 Å². The smallest absolute Gasteiger partial charge is 0.352 e. The fraction of sp³-hybridized carbons (Fsp3) is 0.316. The fourth-order valence-corrected chi connectivity index (χ4v) is 6.73. The van der Waals surface area contributed by atoms with Crippen LogP contribution in [0.15, 0.2) is 57.9 Å². The topological polar surface area (TPSA) is 173 Å². The summed E-state index contributed by atoms with van der Waals surface area (Å²) in [5.41, 5.74) is 0.373. The third-order valence-electron chi connectivity index (χ3n) is 5.12. The number of carbonyl (C=O) groups excluding carboxylic acids is 1. The number of fused-ring (bicyclic) bond motifs is 1. The van der Waals surface area contributed by atoms with E-state index in [1.165, 1.54) is 57.4 Å². The van der Waals surface area contributed by atoms with Crippen molar-refractivity contribution in [1.29, 1.82) is 0 Å². The molecule has 1 saturated heterocycles. The molecular weight excluding hydrogens is 518 g/mol. The largest absolute Gasteiger partial charge is 0.477 e. The molecule has 184 valence electrons. The molecule has 0 spiro atoms. The number of β-lactam (4-membered cyclic amide) rings is 1. The highest BCUT2D eigenvalue weighted by Crippen LogP contribution is 2.44. The number of hydrogen-bond acceptors (Lipinski definition) is 11. The van der Waals surface area contributed by atoms with Gasteiger partial charge in [0.2, 0.25) is 11.1 Å². The number of aromatic nitrogens is 4. The van der Waals surface area contributed by atoms with E-state index < -0.39 is 27.1 Å². The van der Waals surface area contributed by atoms with Gasteiger partial charge in [0.05, 0.1) is 32.9 Å². The normalized spacial score (nSPS) is 20.5. The molecule has 0 saturated carbocycles. The Kier molecular flexibility index (Phi) is 7.51. The lowest BCUT2D eigenvalue weighted by Gasteiger charge is -2.46. The van der Waals surface area contributed by atoms with Crippen LogP contribution in [0, 0.1) is 10.1 Å². The minimum atomic E-state index is -1.41. The van der Waals surface area contributed by atoms with Crippen molar-refractivity contribution in [2.24, 2.45) is 7.05 Å². The summed E-state index contributed by atoms with van der Waals surface area (Å²) in [4.78, 5) is 36.2. The Hall–Kier alpha value is -3.24. The number of nitrogens with zero attached hydrogens (tertiary/aromatic N) is 6. The summed E-state index contributed by atoms with van der Waals surface area (Å²) in [5, 5.41) is 34.8. The van der Waals surface area contributed by atoms with Crippen molar-refractivity contribution in [3.63, 3.8) is 0 Å². The van der Waals surface area contributed by atoms with Gasteiger partial charge in [0.25, 0.3) is 5.69 Å². The second-order valence-electron chi connectivity index (χ2n) is 7.32. The first-order chi connectivity index (χ1) is 16.8. The fourth-order valence-electron chi connectivity index (χ4n) is 3.40. The summed E-state index contributed by atoms with van der Waals surface area (Å²) in [6, 6.07) is 5.50. The van der Waals surface area contributed by atoms with Crippen molar-refractivity contribution < 1.29 is 23.8 Å². The number of carboxylic acid groups (broad SMARTS) is 1. The van der Waals surface area contributed by atoms with Gasteiger partial charge in [-0.15, -0.1) is 16.9 Å². The number of nitro benzene ring substituents is 1. The molecule has 3 heterocycles. The molecule has 16 heteroatoms. The van der Waals surface area contributed by atoms with Gasteiger partial charge in [0, 0.05) is 41.2 Å². The molecule has 2 aromatic rings. The zero-order valence-electron chi connectivity index (χ0n) is 18.1. The van der Waals surface area contributed by atoms with Crippen molar-refractivity contribution in [2.75, 3.05) is 11.5 Å². The number of tetrazole rings is 1. The average molecular weight is 538 g/mol. The van der Waals surface area contributed by atoms with Crippen molar-refractivity contribution in [3.05, 3.63) is 57.9 Å². The maximum atomic E-state index is 12.5. The highest BCUT2D eigenvalue weighted by Gasteiger charge is 2.48. The molecule has 4 rings (SSSR count). The predicted molar refractivity (Wildman–Crippen MR) is 127 cm³/mol. The lowest BCUT2D eigenvalue weighted by Crippen LogP contribution is -2.56. The van der Waals surface area contributed by atoms with E-state index >= 15 is 0 Å². The maximum absolute atomic E-state index is 12.5. The van der Waals surface area contributed by atoms with Crippen LogP contribution in [0.4, 0.5) is 5.69 Å². The van der Waals surface area contributed by atoms with E-state index in [2.05, 4.69) is 20.8 Å². The predicted octanol–water partition coefficient (Wildman–Crippen LogP) is 1.09. The highest BCUT2D eigenvalue weighted by molar-refractivity contribution is 8.01. The molecule has 0 radical (unpaired) electrons. The van der Waals surface area contributed by atoms with Gasteiger partial charge in [0.1, 0.15) is 5.70 Å². The first-order valence-electron chi connectivity index (χ1n) is 10.1. The Morgan fingerprint density at radius 2 is 2.17 bits per heavy atom. The molecule has 0 bridgehead atoms. The number of amides is 1. The molecule has 1 amide bonds. The van der Waals surface area contributed by atoms with Crippen LogP contribution in [0.25, 0.3) is 0 Å². The van der Waals surface area contributed by atoms with Crippen LogP contribution in [-0.4, -0.2) is 73.5 Å². The van der Waals surface area contributed by atoms with Gasteiger partial charge < -0.3 is 10.4 Å². The van der Waals surface area contributed by atoms with Crippen LogP contribution in [0.5, 0.6) is 0 Å². The van der Waals surface area contributed by atoms with Gasteiger partial charge in [-0.3, -0.25) is 24.0 Å². The van der Waals surface area contributed by atoms with Crippen LogP contribution >= 0.6 is 23.5 Å². The number of aliphatic carboxylic acids is 1. The molecule has 1 fully saturated rings. The first kappa shape index (κ1) is 24.9. The van der Waals surface area contributed by atoms with Crippen molar-refractivity contribution in [3.8, 4) is 0 Å². The molecule has 3 atom stereocenters. The summed E-state index contributed by atoms with van der Waals surface area (Å²) in [6.07, 6.45) is 3.50. The molecule has 13 nitrogen and oxygen atoms in total. The van der Waals surface area contributed by atoms with Gasteiger partial charge in [-0.05, 0) is 28.8 Å². The van der Waals surface area contributed by atoms with Gasteiger partial charge in [-0.2, -0.15) is 0 Å². The SMILES string of the molecule is Cn1nnnc1SCC1=C(C(=O)O)N2C(=O)C[C@@H]2SC1NC=CCS(=O)c1ccc([N+](=O)[O-])cc1. The van der Waals surface area contributed by atoms with E-state index in [9.17, 15) is 29.0 Å². The Morgan fingerprint density at radius 3 is 2.77 bits per heavy atom. The van der Waals surface area contributed by atoms with Crippen molar-refractivity contribution in [2.45, 2.75) is 27.2 Å². The summed E-state index contributed by atoms with van der Waals surface area (Å²) < 4.78 is 14.0. The van der Waals surface area contributed by atoms with E-state index in [0.717, 1.165) is 0 Å². The number of thioether (sulfide) groups is 2. The first-order valence-corrected chi connectivity index (χ1v) is 13.3. The summed E-state index contributed by atoms with van der Waals surface area (Å²) >= 11 is 2.68. The van der Waals surface area contributed by atoms with Crippen LogP contribution < -0.4 is 5.32 Å². The lowest BCUT2D eigenvalue weighted by atomic mass is 10.1. The van der Waals surface area contributed by atoms with Gasteiger partial charge in [0.15, 0.2) is 0 Å². The number of nitro groups is 1. The molecule has 2 N–H and O–H groups in total. The second kappa shape index (κ2) is 10.6. The monoisotopic (exact) mass is 537 g/mol. The Bertz CT molecular complexity index is 1250. The number of rotatable bonds is 10. The van der Waals surface area contributed by atoms with E-state index in [0.29, 0.717) is 15.6 Å². The zero-order valence-corrected chi connectivity index (χ0v) is 20.6. The van der Waals surface area contributed by atoms with E-state index in [4.69, 9.17) is 0 Å². The number of non-ortho nitro benzene ring substituents is 1. The van der Waals surface area contributed by atoms with Crippen LogP contribution in [-0.2, 0) is 27.4 Å². The molecule has 2 aliphatic heterocycles. The van der Waals surface area contributed by atoms with Crippen molar-refractivity contribution >= 4 is 51.9 Å². The van der Waals surface area contributed by atoms with Crippen LogP contribution in [0.3, 0.4) is 0 Å². The quantitative estimate of drug-likeness (QED) is 0.191. The molecule has 1 aromatic heterocycles. The number of carboxylic acids is 1. The number of benzene rings is 1. The molecule has 35 heavy (non-hydrogen) atoms. The molecule has 2 unspecified atom stereocenters. The van der Waals surface area contributed by atoms with E-state index in [-0.39, 0.29) is 40.6 Å². The minimum Gasteiger partial charge on any atom is -0.477 e. The molecular formula is C19H19N7O6S3. The third-order valence-corrected chi connectivity index (χ3v) is 8.86. The van der Waals surface area contributed by atoms with Gasteiger partial charge >= 0.3 is 5.97 Å². The number of nitrogens with one attached hydrogen (secondary N) is 1. The zero-order chi connectivity index (χ0) is 25.1. The number of hydrogen-bond donors (Lipinski definition) is 2. The maximum Gasteiger partial charge on any atom is 0.352 e. The Balaban J connectivity index is 1.46. The Labute approximate surface area is 209 Å². The van der Waals surface area contributed by atoms with Crippen molar-refractivity contribution in [1.82, 2.24) is 30.4 Å². The number of carbonyl (C=O) groups is 2. The minimum absolute atomic E-state index is 0.0482. The summed E-state index contributed by atoms with van der Waals surface area (Å²) in [7, 11) is 0.258. The number of aryl methyl sites for hydroxylation is 1. The van der Waals surface area contributed by atoms with Crippen LogP contribution in [0.1, 0.15) is 6.42 Å². The van der Waals surface area contributed by atoms with Gasteiger partial charge in [-0.1, -0.05) is 17.8 Å².